The van der Waals surface area contributed by atoms with Crippen LogP contribution in [0.25, 0.3) is 0 Å². The lowest BCUT2D eigenvalue weighted by molar-refractivity contribution is 0.0996. The highest BCUT2D eigenvalue weighted by molar-refractivity contribution is 7.14. The van der Waals surface area contributed by atoms with Crippen molar-refractivity contribution in [3.63, 3.8) is 0 Å². The lowest BCUT2D eigenvalue weighted by Crippen LogP contribution is -2.26. The summed E-state index contributed by atoms with van der Waals surface area (Å²) < 4.78 is 13.0. The lowest BCUT2D eigenvalue weighted by atomic mass is 10.1. The lowest BCUT2D eigenvalue weighted by Gasteiger charge is -2.19. The molecule has 0 N–H and O–H groups in total. The van der Waals surface area contributed by atoms with Crippen LogP contribution < -0.4 is 4.90 Å². The zero-order valence-corrected chi connectivity index (χ0v) is 16.2. The van der Waals surface area contributed by atoms with Crippen molar-refractivity contribution in [1.29, 1.82) is 0 Å². The molecule has 0 bridgehead atoms. The number of hydrogen-bond donors (Lipinski definition) is 0. The minimum absolute atomic E-state index is 0.0564. The molecule has 0 fully saturated rings. The number of hydrogen-bond acceptors (Lipinski definition) is 3. The largest absolute Gasteiger partial charge is 0.310 e. The van der Waals surface area contributed by atoms with E-state index in [1.165, 1.54) is 23.5 Å². The summed E-state index contributed by atoms with van der Waals surface area (Å²) in [7, 11) is 1.79. The third-order valence-corrected chi connectivity index (χ3v) is 5.48. The van der Waals surface area contributed by atoms with Gasteiger partial charge in [-0.15, -0.1) is 11.3 Å². The summed E-state index contributed by atoms with van der Waals surface area (Å²) >= 11 is 1.40. The van der Waals surface area contributed by atoms with Crippen LogP contribution in [-0.4, -0.2) is 17.9 Å². The Balaban J connectivity index is 1.84. The van der Waals surface area contributed by atoms with Gasteiger partial charge in [0.25, 0.3) is 5.91 Å². The number of thiazole rings is 1. The predicted molar refractivity (Wildman–Crippen MR) is 105 cm³/mol. The first-order valence-corrected chi connectivity index (χ1v) is 9.23. The van der Waals surface area contributed by atoms with E-state index in [2.05, 4.69) is 4.98 Å². The number of anilines is 1. The molecular formula is C21H21FN2OS. The second kappa shape index (κ2) is 7.38. The van der Waals surface area contributed by atoms with Crippen LogP contribution in [0.4, 0.5) is 10.1 Å². The highest BCUT2D eigenvalue weighted by atomic mass is 32.1. The van der Waals surface area contributed by atoms with E-state index in [0.717, 1.165) is 33.1 Å². The zero-order chi connectivity index (χ0) is 18.8. The minimum atomic E-state index is -0.255. The second-order valence-electron chi connectivity index (χ2n) is 6.48. The Bertz CT molecular complexity index is 947. The molecule has 3 rings (SSSR count). The highest BCUT2D eigenvalue weighted by Crippen LogP contribution is 2.26. The van der Waals surface area contributed by atoms with Crippen LogP contribution in [0, 0.1) is 26.6 Å². The van der Waals surface area contributed by atoms with E-state index in [1.807, 2.05) is 39.0 Å². The molecule has 2 aromatic carbocycles. The summed E-state index contributed by atoms with van der Waals surface area (Å²) in [4.78, 5) is 19.9. The van der Waals surface area contributed by atoms with Crippen molar-refractivity contribution in [3.05, 3.63) is 80.6 Å². The fourth-order valence-corrected chi connectivity index (χ4v) is 3.92. The standard InChI is InChI=1S/C21H21FN2OS/c1-13-5-6-14(2)18(11-13)24(4)21(25)20-15(3)23-19(26-20)12-16-7-9-17(22)10-8-16/h5-11H,12H2,1-4H3. The molecule has 0 saturated heterocycles. The van der Waals surface area contributed by atoms with E-state index < -0.39 is 0 Å². The van der Waals surface area contributed by atoms with Crippen LogP contribution in [0.15, 0.2) is 42.5 Å². The van der Waals surface area contributed by atoms with Crippen molar-refractivity contribution < 1.29 is 9.18 Å². The SMILES string of the molecule is Cc1ccc(C)c(N(C)C(=O)c2sc(Cc3ccc(F)cc3)nc2C)c1. The maximum absolute atomic E-state index is 13.0. The van der Waals surface area contributed by atoms with Gasteiger partial charge < -0.3 is 4.90 Å². The fourth-order valence-electron chi connectivity index (χ4n) is 2.85. The van der Waals surface area contributed by atoms with E-state index in [0.29, 0.717) is 11.3 Å². The van der Waals surface area contributed by atoms with Gasteiger partial charge in [0.05, 0.1) is 10.7 Å². The van der Waals surface area contributed by atoms with Crippen molar-refractivity contribution in [2.24, 2.45) is 0 Å². The van der Waals surface area contributed by atoms with Crippen LogP contribution >= 0.6 is 11.3 Å². The first-order chi connectivity index (χ1) is 12.3. The summed E-state index contributed by atoms with van der Waals surface area (Å²) in [6.45, 7) is 5.87. The fraction of sp³-hybridized carbons (Fsp3) is 0.238. The van der Waals surface area contributed by atoms with Crippen molar-refractivity contribution in [2.45, 2.75) is 27.2 Å². The number of benzene rings is 2. The maximum Gasteiger partial charge on any atom is 0.270 e. The molecule has 0 saturated carbocycles. The summed E-state index contributed by atoms with van der Waals surface area (Å²) in [6, 6.07) is 12.4. The molecule has 0 radical (unpaired) electrons. The van der Waals surface area contributed by atoms with Crippen molar-refractivity contribution in [1.82, 2.24) is 4.98 Å². The van der Waals surface area contributed by atoms with Crippen LogP contribution in [0.3, 0.4) is 0 Å². The molecule has 134 valence electrons. The number of nitrogens with zero attached hydrogens (tertiary/aromatic N) is 2. The molecule has 0 atom stereocenters. The minimum Gasteiger partial charge on any atom is -0.310 e. The number of carbonyl (C=O) groups excluding carboxylic acids is 1. The van der Waals surface area contributed by atoms with Crippen molar-refractivity contribution in [2.75, 3.05) is 11.9 Å². The quantitative estimate of drug-likeness (QED) is 0.644. The molecule has 1 heterocycles. The van der Waals surface area contributed by atoms with Crippen LogP contribution in [0.1, 0.15) is 37.1 Å². The molecule has 0 unspecified atom stereocenters. The van der Waals surface area contributed by atoms with Gasteiger partial charge in [-0.05, 0) is 55.7 Å². The molecule has 0 aliphatic carbocycles. The molecular weight excluding hydrogens is 347 g/mol. The monoisotopic (exact) mass is 368 g/mol. The van der Waals surface area contributed by atoms with Gasteiger partial charge >= 0.3 is 0 Å². The Morgan fingerprint density at radius 1 is 1.12 bits per heavy atom. The third kappa shape index (κ3) is 3.83. The summed E-state index contributed by atoms with van der Waals surface area (Å²) in [5.41, 5.74) is 4.78. The Labute approximate surface area is 157 Å². The molecule has 0 aliphatic heterocycles. The van der Waals surface area contributed by atoms with Gasteiger partial charge in [-0.3, -0.25) is 4.79 Å². The Morgan fingerprint density at radius 3 is 2.50 bits per heavy atom. The molecule has 26 heavy (non-hydrogen) atoms. The van der Waals surface area contributed by atoms with E-state index in [-0.39, 0.29) is 11.7 Å². The maximum atomic E-state index is 13.0. The first-order valence-electron chi connectivity index (χ1n) is 8.41. The smallest absolute Gasteiger partial charge is 0.270 e. The van der Waals surface area contributed by atoms with Crippen LogP contribution in [0.2, 0.25) is 0 Å². The van der Waals surface area contributed by atoms with E-state index in [1.54, 1.807) is 24.1 Å². The van der Waals surface area contributed by atoms with Crippen LogP contribution in [-0.2, 0) is 6.42 Å². The molecule has 5 heteroatoms. The molecule has 0 spiro atoms. The van der Waals surface area contributed by atoms with Crippen molar-refractivity contribution in [3.8, 4) is 0 Å². The van der Waals surface area contributed by atoms with E-state index >= 15 is 0 Å². The topological polar surface area (TPSA) is 33.2 Å². The Kier molecular flexibility index (Phi) is 5.18. The van der Waals surface area contributed by atoms with Gasteiger partial charge in [-0.25, -0.2) is 9.37 Å². The summed E-state index contributed by atoms with van der Waals surface area (Å²) in [5.74, 6) is -0.311. The molecule has 0 aliphatic rings. The molecule has 1 aromatic heterocycles. The first kappa shape index (κ1) is 18.3. The molecule has 3 nitrogen and oxygen atoms in total. The predicted octanol–water partition coefficient (Wildman–Crippen LogP) is 5.07. The van der Waals surface area contributed by atoms with Gasteiger partial charge in [0.2, 0.25) is 0 Å². The number of rotatable bonds is 4. The number of carbonyl (C=O) groups is 1. The van der Waals surface area contributed by atoms with Gasteiger partial charge in [0, 0.05) is 19.2 Å². The van der Waals surface area contributed by atoms with Gasteiger partial charge in [0.1, 0.15) is 10.7 Å². The Hall–Kier alpha value is -2.53. The highest BCUT2D eigenvalue weighted by Gasteiger charge is 2.21. The van der Waals surface area contributed by atoms with E-state index in [4.69, 9.17) is 0 Å². The average Bonchev–Trinajstić information content (AvgIpc) is 2.98. The number of amides is 1. The number of aromatic nitrogens is 1. The average molecular weight is 368 g/mol. The Morgan fingerprint density at radius 2 is 1.81 bits per heavy atom. The van der Waals surface area contributed by atoms with Crippen molar-refractivity contribution >= 4 is 22.9 Å². The van der Waals surface area contributed by atoms with Gasteiger partial charge in [-0.2, -0.15) is 0 Å². The van der Waals surface area contributed by atoms with Gasteiger partial charge in [0.15, 0.2) is 0 Å². The van der Waals surface area contributed by atoms with Crippen LogP contribution in [0.5, 0.6) is 0 Å². The number of aryl methyl sites for hydroxylation is 3. The van der Waals surface area contributed by atoms with Gasteiger partial charge in [-0.1, -0.05) is 24.3 Å². The summed E-state index contributed by atoms with van der Waals surface area (Å²) in [6.07, 6.45) is 0.590. The summed E-state index contributed by atoms with van der Waals surface area (Å²) in [5, 5.41) is 0.854. The molecule has 3 aromatic rings. The normalized spacial score (nSPS) is 10.8. The van der Waals surface area contributed by atoms with E-state index in [9.17, 15) is 9.18 Å². The second-order valence-corrected chi connectivity index (χ2v) is 7.56. The zero-order valence-electron chi connectivity index (χ0n) is 15.3. The molecule has 1 amide bonds. The number of halogens is 1. The third-order valence-electron chi connectivity index (χ3n) is 4.33.